The van der Waals surface area contributed by atoms with Gasteiger partial charge in [-0.1, -0.05) is 6.07 Å². The molecule has 0 bridgehead atoms. The minimum absolute atomic E-state index is 0.316. The normalized spacial score (nSPS) is 18.0. The highest BCUT2D eigenvalue weighted by atomic mass is 16.5. The molecule has 2 aromatic heterocycles. The van der Waals surface area contributed by atoms with Crippen molar-refractivity contribution >= 4 is 17.8 Å². The number of piperidine rings is 1. The lowest BCUT2D eigenvalue weighted by atomic mass is 10.1. The van der Waals surface area contributed by atoms with Crippen LogP contribution >= 0.6 is 0 Å². The van der Waals surface area contributed by atoms with Gasteiger partial charge < -0.3 is 5.32 Å². The van der Waals surface area contributed by atoms with Gasteiger partial charge in [-0.15, -0.1) is 0 Å². The second-order valence-electron chi connectivity index (χ2n) is 6.22. The van der Waals surface area contributed by atoms with E-state index in [2.05, 4.69) is 31.2 Å². The molecule has 0 spiro atoms. The van der Waals surface area contributed by atoms with Gasteiger partial charge >= 0.3 is 0 Å². The maximum Gasteiger partial charge on any atom is 0.267 e. The van der Waals surface area contributed by atoms with Crippen molar-refractivity contribution in [3.05, 3.63) is 54.3 Å². The van der Waals surface area contributed by atoms with E-state index in [4.69, 9.17) is 5.21 Å². The Morgan fingerprint density at radius 3 is 3.00 bits per heavy atom. The molecule has 1 saturated heterocycles. The summed E-state index contributed by atoms with van der Waals surface area (Å²) < 4.78 is 0. The molecule has 1 atom stereocenters. The summed E-state index contributed by atoms with van der Waals surface area (Å²) >= 11 is 0. The number of pyridine rings is 1. The van der Waals surface area contributed by atoms with Crippen LogP contribution in [0.5, 0.6) is 0 Å². The molecule has 0 unspecified atom stereocenters. The first-order valence-electron chi connectivity index (χ1n) is 8.55. The quantitative estimate of drug-likeness (QED) is 0.410. The largest absolute Gasteiger partial charge is 0.365 e. The van der Waals surface area contributed by atoms with E-state index in [0.29, 0.717) is 17.6 Å². The number of carbonyl (C=O) groups is 1. The summed E-state index contributed by atoms with van der Waals surface area (Å²) in [6.07, 6.45) is 11.8. The average molecular weight is 354 g/mol. The lowest BCUT2D eigenvalue weighted by molar-refractivity contribution is -0.124. The first-order valence-corrected chi connectivity index (χ1v) is 8.55. The summed E-state index contributed by atoms with van der Waals surface area (Å²) in [5.41, 5.74) is 3.29. The first kappa shape index (κ1) is 18.0. The van der Waals surface area contributed by atoms with Gasteiger partial charge in [-0.2, -0.15) is 0 Å². The van der Waals surface area contributed by atoms with Gasteiger partial charge in [0.2, 0.25) is 0 Å². The van der Waals surface area contributed by atoms with Crippen LogP contribution in [0.3, 0.4) is 0 Å². The van der Waals surface area contributed by atoms with Crippen LogP contribution in [0.25, 0.3) is 6.08 Å². The highest BCUT2D eigenvalue weighted by molar-refractivity contribution is 5.90. The summed E-state index contributed by atoms with van der Waals surface area (Å²) in [5, 5.41) is 11.9. The molecule has 1 amide bonds. The molecule has 8 nitrogen and oxygen atoms in total. The molecule has 8 heteroatoms. The Kier molecular flexibility index (Phi) is 6.24. The molecule has 0 saturated carbocycles. The fraction of sp³-hybridized carbons (Fsp3) is 0.333. The molecular formula is C18H22N6O2. The van der Waals surface area contributed by atoms with E-state index in [1.807, 2.05) is 12.3 Å². The highest BCUT2D eigenvalue weighted by Crippen LogP contribution is 2.16. The topological polar surface area (TPSA) is 103 Å². The fourth-order valence-electron chi connectivity index (χ4n) is 2.97. The molecule has 3 heterocycles. The van der Waals surface area contributed by atoms with E-state index in [1.165, 1.54) is 23.2 Å². The molecule has 136 valence electrons. The zero-order valence-electron chi connectivity index (χ0n) is 14.4. The SMILES string of the molecule is O=C(/C=C/c1cnc(N[C@@H]2CCCN(Cc3cccnc3)C2)cn1)NO. The summed E-state index contributed by atoms with van der Waals surface area (Å²) in [7, 11) is 0. The van der Waals surface area contributed by atoms with Gasteiger partial charge in [0.1, 0.15) is 5.82 Å². The van der Waals surface area contributed by atoms with Crippen LogP contribution in [0, 0.1) is 0 Å². The van der Waals surface area contributed by atoms with Crippen LogP contribution in [0.2, 0.25) is 0 Å². The highest BCUT2D eigenvalue weighted by Gasteiger charge is 2.20. The van der Waals surface area contributed by atoms with Crippen molar-refractivity contribution < 1.29 is 10.0 Å². The minimum Gasteiger partial charge on any atom is -0.365 e. The Bertz CT molecular complexity index is 735. The number of amides is 1. The number of rotatable bonds is 6. The second-order valence-corrected chi connectivity index (χ2v) is 6.22. The number of hydrogen-bond donors (Lipinski definition) is 3. The number of carbonyl (C=O) groups excluding carboxylic acids is 1. The average Bonchev–Trinajstić information content (AvgIpc) is 2.68. The molecule has 3 N–H and O–H groups in total. The van der Waals surface area contributed by atoms with E-state index in [1.54, 1.807) is 18.6 Å². The van der Waals surface area contributed by atoms with Crippen molar-refractivity contribution in [1.29, 1.82) is 0 Å². The van der Waals surface area contributed by atoms with Crippen LogP contribution in [0.4, 0.5) is 5.82 Å². The number of nitrogens with one attached hydrogen (secondary N) is 2. The molecule has 3 rings (SSSR count). The number of hydrogen-bond acceptors (Lipinski definition) is 7. The fourth-order valence-corrected chi connectivity index (χ4v) is 2.97. The Hall–Kier alpha value is -2.84. The smallest absolute Gasteiger partial charge is 0.267 e. The monoisotopic (exact) mass is 354 g/mol. The second kappa shape index (κ2) is 9.02. The molecular weight excluding hydrogens is 332 g/mol. The maximum absolute atomic E-state index is 11.0. The lowest BCUT2D eigenvalue weighted by Crippen LogP contribution is -2.41. The van der Waals surface area contributed by atoms with Gasteiger partial charge in [0.25, 0.3) is 5.91 Å². The zero-order valence-corrected chi connectivity index (χ0v) is 14.4. The summed E-state index contributed by atoms with van der Waals surface area (Å²) in [5.74, 6) is 0.104. The van der Waals surface area contributed by atoms with E-state index in [9.17, 15) is 4.79 Å². The molecule has 0 radical (unpaired) electrons. The van der Waals surface area contributed by atoms with Gasteiger partial charge in [-0.25, -0.2) is 10.5 Å². The number of aromatic nitrogens is 3. The molecule has 2 aromatic rings. The van der Waals surface area contributed by atoms with Crippen molar-refractivity contribution in [2.24, 2.45) is 0 Å². The molecule has 1 fully saturated rings. The number of likely N-dealkylation sites (tertiary alicyclic amines) is 1. The summed E-state index contributed by atoms with van der Waals surface area (Å²) in [6, 6.07) is 4.38. The zero-order chi connectivity index (χ0) is 18.2. The van der Waals surface area contributed by atoms with Crippen LogP contribution in [-0.4, -0.2) is 50.1 Å². The minimum atomic E-state index is -0.607. The summed E-state index contributed by atoms with van der Waals surface area (Å²) in [6.45, 7) is 2.92. The van der Waals surface area contributed by atoms with Gasteiger partial charge in [-0.3, -0.25) is 24.9 Å². The van der Waals surface area contributed by atoms with Crippen LogP contribution in [-0.2, 0) is 11.3 Å². The molecule has 0 aromatic carbocycles. The van der Waals surface area contributed by atoms with E-state index in [0.717, 1.165) is 32.5 Å². The molecule has 1 aliphatic heterocycles. The van der Waals surface area contributed by atoms with Crippen molar-refractivity contribution in [2.45, 2.75) is 25.4 Å². The van der Waals surface area contributed by atoms with Gasteiger partial charge in [0.05, 0.1) is 18.1 Å². The number of hydroxylamine groups is 1. The Balaban J connectivity index is 1.53. The van der Waals surface area contributed by atoms with E-state index >= 15 is 0 Å². The number of anilines is 1. The molecule has 0 aliphatic carbocycles. The predicted molar refractivity (Wildman–Crippen MR) is 97.2 cm³/mol. The third-order valence-electron chi connectivity index (χ3n) is 4.17. The van der Waals surface area contributed by atoms with Crippen molar-refractivity contribution in [1.82, 2.24) is 25.3 Å². The van der Waals surface area contributed by atoms with Gasteiger partial charge in [0, 0.05) is 37.6 Å². The third kappa shape index (κ3) is 5.33. The first-order chi connectivity index (χ1) is 12.7. The standard InChI is InChI=1S/C18H22N6O2/c25-18(23-26)6-5-15-10-21-17(11-20-15)22-16-4-2-8-24(13-16)12-14-3-1-7-19-9-14/h1,3,5-7,9-11,16,26H,2,4,8,12-13H2,(H,21,22)(H,23,25)/b6-5+/t16-/m1/s1. The Morgan fingerprint density at radius 1 is 1.35 bits per heavy atom. The Morgan fingerprint density at radius 2 is 2.27 bits per heavy atom. The van der Waals surface area contributed by atoms with Crippen LogP contribution in [0.1, 0.15) is 24.1 Å². The Labute approximate surface area is 152 Å². The van der Waals surface area contributed by atoms with E-state index < -0.39 is 5.91 Å². The summed E-state index contributed by atoms with van der Waals surface area (Å²) in [4.78, 5) is 26.1. The molecule has 1 aliphatic rings. The van der Waals surface area contributed by atoms with Gasteiger partial charge in [-0.05, 0) is 37.1 Å². The van der Waals surface area contributed by atoms with Crippen LogP contribution < -0.4 is 10.8 Å². The van der Waals surface area contributed by atoms with Crippen molar-refractivity contribution in [2.75, 3.05) is 18.4 Å². The van der Waals surface area contributed by atoms with E-state index in [-0.39, 0.29) is 0 Å². The predicted octanol–water partition coefficient (Wildman–Crippen LogP) is 1.47. The lowest BCUT2D eigenvalue weighted by Gasteiger charge is -2.33. The van der Waals surface area contributed by atoms with Gasteiger partial charge in [0.15, 0.2) is 0 Å². The third-order valence-corrected chi connectivity index (χ3v) is 4.17. The van der Waals surface area contributed by atoms with Crippen molar-refractivity contribution in [3.63, 3.8) is 0 Å². The molecule has 26 heavy (non-hydrogen) atoms. The van der Waals surface area contributed by atoms with Crippen molar-refractivity contribution in [3.8, 4) is 0 Å². The van der Waals surface area contributed by atoms with Crippen LogP contribution in [0.15, 0.2) is 43.0 Å². The maximum atomic E-state index is 11.0. The number of nitrogens with zero attached hydrogens (tertiary/aromatic N) is 4.